The SMILES string of the molecule is CC(c1cc(Cl)ccc1Cl)N1C[C@@H]2CCC[C@@]2(C(=O)O)C1. The van der Waals surface area contributed by atoms with E-state index in [-0.39, 0.29) is 12.0 Å². The monoisotopic (exact) mass is 327 g/mol. The average Bonchev–Trinajstić information content (AvgIpc) is 2.98. The second-order valence-electron chi connectivity index (χ2n) is 6.32. The maximum atomic E-state index is 11.8. The molecule has 21 heavy (non-hydrogen) atoms. The van der Waals surface area contributed by atoms with Gasteiger partial charge in [0.25, 0.3) is 0 Å². The number of hydrogen-bond donors (Lipinski definition) is 1. The summed E-state index contributed by atoms with van der Waals surface area (Å²) in [6, 6.07) is 5.55. The van der Waals surface area contributed by atoms with Gasteiger partial charge in [0.05, 0.1) is 5.41 Å². The molecule has 0 aromatic heterocycles. The second-order valence-corrected chi connectivity index (χ2v) is 7.17. The summed E-state index contributed by atoms with van der Waals surface area (Å²) in [5.74, 6) is -0.382. The van der Waals surface area contributed by atoms with Crippen LogP contribution in [0, 0.1) is 11.3 Å². The third-order valence-corrected chi connectivity index (χ3v) is 5.86. The molecule has 1 heterocycles. The van der Waals surface area contributed by atoms with Gasteiger partial charge in [0, 0.05) is 29.2 Å². The lowest BCUT2D eigenvalue weighted by Gasteiger charge is -2.28. The van der Waals surface area contributed by atoms with E-state index in [1.807, 2.05) is 6.07 Å². The van der Waals surface area contributed by atoms with E-state index in [1.165, 1.54) is 0 Å². The molecule has 0 amide bonds. The molecule has 3 nitrogen and oxygen atoms in total. The third kappa shape index (κ3) is 2.45. The van der Waals surface area contributed by atoms with E-state index in [4.69, 9.17) is 23.2 Å². The van der Waals surface area contributed by atoms with Crippen molar-refractivity contribution in [1.82, 2.24) is 4.90 Å². The first-order chi connectivity index (χ1) is 9.94. The Labute approximate surface area is 134 Å². The zero-order valence-electron chi connectivity index (χ0n) is 12.0. The number of fused-ring (bicyclic) bond motifs is 1. The van der Waals surface area contributed by atoms with Crippen molar-refractivity contribution < 1.29 is 9.90 Å². The molecule has 3 rings (SSSR count). The van der Waals surface area contributed by atoms with Gasteiger partial charge < -0.3 is 5.11 Å². The quantitative estimate of drug-likeness (QED) is 0.902. The van der Waals surface area contributed by atoms with Gasteiger partial charge >= 0.3 is 5.97 Å². The predicted molar refractivity (Wildman–Crippen MR) is 83.9 cm³/mol. The first kappa shape index (κ1) is 15.1. The molecule has 0 radical (unpaired) electrons. The number of carboxylic acids is 1. The number of hydrogen-bond acceptors (Lipinski definition) is 2. The number of halogens is 2. The van der Waals surface area contributed by atoms with Gasteiger partial charge in [-0.15, -0.1) is 0 Å². The van der Waals surface area contributed by atoms with Crippen molar-refractivity contribution in [3.63, 3.8) is 0 Å². The molecule has 2 aliphatic rings. The van der Waals surface area contributed by atoms with Crippen molar-refractivity contribution in [2.75, 3.05) is 13.1 Å². The summed E-state index contributed by atoms with van der Waals surface area (Å²) in [5, 5.41) is 11.0. The number of nitrogens with zero attached hydrogens (tertiary/aromatic N) is 1. The van der Waals surface area contributed by atoms with Gasteiger partial charge in [-0.2, -0.15) is 0 Å². The molecule has 1 aromatic rings. The van der Waals surface area contributed by atoms with Crippen LogP contribution in [-0.2, 0) is 4.79 Å². The Morgan fingerprint density at radius 2 is 2.24 bits per heavy atom. The molecular weight excluding hydrogens is 309 g/mol. The lowest BCUT2D eigenvalue weighted by molar-refractivity contribution is -0.149. The minimum atomic E-state index is -0.642. The summed E-state index contributed by atoms with van der Waals surface area (Å²) in [7, 11) is 0. The van der Waals surface area contributed by atoms with Gasteiger partial charge in [0.15, 0.2) is 0 Å². The molecule has 2 fully saturated rings. The highest BCUT2D eigenvalue weighted by molar-refractivity contribution is 6.33. The number of aliphatic carboxylic acids is 1. The number of likely N-dealkylation sites (tertiary alicyclic amines) is 1. The van der Waals surface area contributed by atoms with Crippen LogP contribution in [0.15, 0.2) is 18.2 Å². The Kier molecular flexibility index (Phi) is 3.93. The first-order valence-electron chi connectivity index (χ1n) is 7.36. The Morgan fingerprint density at radius 3 is 2.90 bits per heavy atom. The average molecular weight is 328 g/mol. The second kappa shape index (κ2) is 5.45. The smallest absolute Gasteiger partial charge is 0.311 e. The normalized spacial score (nSPS) is 30.3. The molecule has 1 aromatic carbocycles. The van der Waals surface area contributed by atoms with Crippen molar-refractivity contribution in [1.29, 1.82) is 0 Å². The van der Waals surface area contributed by atoms with Crippen LogP contribution in [0.2, 0.25) is 10.0 Å². The molecule has 3 atom stereocenters. The Morgan fingerprint density at radius 1 is 1.48 bits per heavy atom. The Balaban J connectivity index is 1.86. The summed E-state index contributed by atoms with van der Waals surface area (Å²) in [5.41, 5.74) is 0.420. The van der Waals surface area contributed by atoms with Crippen molar-refractivity contribution >= 4 is 29.2 Å². The first-order valence-corrected chi connectivity index (χ1v) is 8.12. The van der Waals surface area contributed by atoms with Crippen LogP contribution in [-0.4, -0.2) is 29.1 Å². The van der Waals surface area contributed by atoms with E-state index < -0.39 is 11.4 Å². The molecule has 0 bridgehead atoms. The van der Waals surface area contributed by atoms with Crippen LogP contribution in [0.4, 0.5) is 0 Å². The molecule has 1 N–H and O–H groups in total. The van der Waals surface area contributed by atoms with E-state index in [1.54, 1.807) is 12.1 Å². The van der Waals surface area contributed by atoms with Crippen molar-refractivity contribution in [3.8, 4) is 0 Å². The number of carboxylic acid groups (broad SMARTS) is 1. The van der Waals surface area contributed by atoms with Gasteiger partial charge in [-0.3, -0.25) is 9.69 Å². The molecule has 1 unspecified atom stereocenters. The maximum Gasteiger partial charge on any atom is 0.311 e. The largest absolute Gasteiger partial charge is 0.481 e. The summed E-state index contributed by atoms with van der Waals surface area (Å²) in [6.07, 6.45) is 2.83. The minimum absolute atomic E-state index is 0.0815. The topological polar surface area (TPSA) is 40.5 Å². The molecule has 1 aliphatic heterocycles. The molecule has 114 valence electrons. The molecule has 1 saturated carbocycles. The molecule has 5 heteroatoms. The van der Waals surface area contributed by atoms with Crippen molar-refractivity contribution in [2.45, 2.75) is 32.2 Å². The maximum absolute atomic E-state index is 11.8. The zero-order valence-corrected chi connectivity index (χ0v) is 13.5. The molecular formula is C16H19Cl2NO2. The minimum Gasteiger partial charge on any atom is -0.481 e. The van der Waals surface area contributed by atoms with Gasteiger partial charge in [-0.05, 0) is 49.4 Å². The van der Waals surface area contributed by atoms with Crippen molar-refractivity contribution in [2.24, 2.45) is 11.3 Å². The summed E-state index contributed by atoms with van der Waals surface area (Å²) >= 11 is 12.4. The van der Waals surface area contributed by atoms with E-state index in [0.717, 1.165) is 31.4 Å². The fourth-order valence-electron chi connectivity index (χ4n) is 4.00. The fourth-order valence-corrected chi connectivity index (χ4v) is 4.46. The Hall–Kier alpha value is -0.770. The van der Waals surface area contributed by atoms with E-state index in [9.17, 15) is 9.90 Å². The zero-order chi connectivity index (χ0) is 15.2. The third-order valence-electron chi connectivity index (χ3n) is 5.28. The van der Waals surface area contributed by atoms with E-state index >= 15 is 0 Å². The fraction of sp³-hybridized carbons (Fsp3) is 0.562. The van der Waals surface area contributed by atoms with Crippen LogP contribution in [0.5, 0.6) is 0 Å². The van der Waals surface area contributed by atoms with Gasteiger partial charge in [0.1, 0.15) is 0 Å². The highest BCUT2D eigenvalue weighted by Gasteiger charge is 2.55. The standard InChI is InChI=1S/C16H19Cl2NO2/c1-10(13-7-12(17)4-5-14(13)18)19-8-11-3-2-6-16(11,9-19)15(20)21/h4-5,7,10-11H,2-3,6,8-9H2,1H3,(H,20,21)/t10?,11-,16+/m0/s1. The van der Waals surface area contributed by atoms with Crippen LogP contribution in [0.3, 0.4) is 0 Å². The van der Waals surface area contributed by atoms with E-state index in [2.05, 4.69) is 11.8 Å². The highest BCUT2D eigenvalue weighted by Crippen LogP contribution is 2.51. The number of carbonyl (C=O) groups is 1. The van der Waals surface area contributed by atoms with E-state index in [0.29, 0.717) is 16.6 Å². The Bertz CT molecular complexity index is 577. The molecule has 1 aliphatic carbocycles. The molecule has 1 saturated heterocycles. The lowest BCUT2D eigenvalue weighted by Crippen LogP contribution is -2.36. The van der Waals surface area contributed by atoms with Crippen molar-refractivity contribution in [3.05, 3.63) is 33.8 Å². The number of rotatable bonds is 3. The van der Waals surface area contributed by atoms with Crippen LogP contribution in [0.25, 0.3) is 0 Å². The lowest BCUT2D eigenvalue weighted by atomic mass is 9.81. The van der Waals surface area contributed by atoms with Crippen LogP contribution in [0.1, 0.15) is 37.8 Å². The van der Waals surface area contributed by atoms with Crippen LogP contribution >= 0.6 is 23.2 Å². The van der Waals surface area contributed by atoms with Gasteiger partial charge in [0.2, 0.25) is 0 Å². The highest BCUT2D eigenvalue weighted by atomic mass is 35.5. The van der Waals surface area contributed by atoms with Gasteiger partial charge in [-0.1, -0.05) is 29.6 Å². The molecule has 0 spiro atoms. The predicted octanol–water partition coefficient (Wildman–Crippen LogP) is 4.24. The summed E-state index contributed by atoms with van der Waals surface area (Å²) < 4.78 is 0. The van der Waals surface area contributed by atoms with Crippen LogP contribution < -0.4 is 0 Å². The van der Waals surface area contributed by atoms with Gasteiger partial charge in [-0.25, -0.2) is 0 Å². The number of benzene rings is 1. The summed E-state index contributed by atoms with van der Waals surface area (Å²) in [4.78, 5) is 14.0. The summed E-state index contributed by atoms with van der Waals surface area (Å²) in [6.45, 7) is 3.52.